The predicted octanol–water partition coefficient (Wildman–Crippen LogP) is 3.87. The second-order valence-electron chi connectivity index (χ2n) is 4.45. The van der Waals surface area contributed by atoms with Gasteiger partial charge >= 0.3 is 6.18 Å². The summed E-state index contributed by atoms with van der Waals surface area (Å²) >= 11 is 5.97. The maximum absolute atomic E-state index is 12.8. The Kier molecular flexibility index (Phi) is 3.34. The first kappa shape index (κ1) is 13.9. The first-order valence-corrected chi connectivity index (χ1v) is 5.99. The molecule has 0 radical (unpaired) electrons. The number of carbonyl (C=O) groups excluding carboxylic acids is 1. The van der Waals surface area contributed by atoms with Gasteiger partial charge in [-0.25, -0.2) is 0 Å². The minimum absolute atomic E-state index is 0.158. The van der Waals surface area contributed by atoms with E-state index in [1.54, 1.807) is 13.8 Å². The summed E-state index contributed by atoms with van der Waals surface area (Å²) in [5, 5.41) is 0. The Hall–Kier alpha value is -1.49. The number of hydrogen-bond donors (Lipinski definition) is 0. The fraction of sp³-hybridized carbons (Fsp3) is 0.308. The third kappa shape index (κ3) is 2.61. The summed E-state index contributed by atoms with van der Waals surface area (Å²) in [7, 11) is 0. The third-order valence-corrected chi connectivity index (χ3v) is 3.18. The van der Waals surface area contributed by atoms with Crippen molar-refractivity contribution < 1.29 is 18.0 Å². The molecule has 1 atom stereocenters. The second-order valence-corrected chi connectivity index (χ2v) is 4.90. The molecule has 0 saturated heterocycles. The lowest BCUT2D eigenvalue weighted by Crippen LogP contribution is -2.31. The Bertz CT molecular complexity index is 565. The monoisotopic (exact) mass is 289 g/mol. The van der Waals surface area contributed by atoms with Crippen LogP contribution in [0, 0.1) is 6.92 Å². The van der Waals surface area contributed by atoms with Crippen LogP contribution in [-0.2, 0) is 11.0 Å². The lowest BCUT2D eigenvalue weighted by molar-refractivity contribution is -0.137. The Morgan fingerprint density at radius 1 is 1.21 bits per heavy atom. The first-order valence-electron chi connectivity index (χ1n) is 5.55. The van der Waals surface area contributed by atoms with Crippen molar-refractivity contribution in [3.8, 4) is 0 Å². The van der Waals surface area contributed by atoms with Crippen molar-refractivity contribution >= 4 is 23.2 Å². The van der Waals surface area contributed by atoms with Gasteiger partial charge in [-0.05, 0) is 43.7 Å². The van der Waals surface area contributed by atoms with Gasteiger partial charge in [-0.1, -0.05) is 11.6 Å². The molecule has 0 aliphatic carbocycles. The number of anilines is 1. The largest absolute Gasteiger partial charge is 0.416 e. The minimum atomic E-state index is -4.45. The van der Waals surface area contributed by atoms with Gasteiger partial charge in [0.05, 0.1) is 5.56 Å². The van der Waals surface area contributed by atoms with Crippen molar-refractivity contribution in [2.45, 2.75) is 25.5 Å². The van der Waals surface area contributed by atoms with Crippen LogP contribution in [0.25, 0.3) is 0 Å². The van der Waals surface area contributed by atoms with Gasteiger partial charge in [0.2, 0.25) is 0 Å². The summed E-state index contributed by atoms with van der Waals surface area (Å²) < 4.78 is 38.3. The smallest absolute Gasteiger partial charge is 0.288 e. The van der Waals surface area contributed by atoms with Gasteiger partial charge in [0.15, 0.2) is 0 Å². The first-order chi connectivity index (χ1) is 8.70. The molecule has 1 aromatic rings. The summed E-state index contributed by atoms with van der Waals surface area (Å²) in [5.41, 5.74) is -0.536. The number of halogens is 4. The van der Waals surface area contributed by atoms with E-state index in [0.29, 0.717) is 11.1 Å². The molecule has 0 bridgehead atoms. The molecule has 6 heteroatoms. The number of benzene rings is 1. The van der Waals surface area contributed by atoms with E-state index in [1.807, 2.05) is 0 Å². The summed E-state index contributed by atoms with van der Waals surface area (Å²) in [6.45, 7) is 3.13. The molecule has 0 aromatic heterocycles. The van der Waals surface area contributed by atoms with Gasteiger partial charge in [0, 0.05) is 11.3 Å². The SMILES string of the molecule is CC1=CC(Cl)N(c2cc(C)cc(C(F)(F)F)c2)C1=O. The number of amides is 1. The van der Waals surface area contributed by atoms with Crippen LogP contribution in [0.1, 0.15) is 18.1 Å². The van der Waals surface area contributed by atoms with E-state index >= 15 is 0 Å². The maximum Gasteiger partial charge on any atom is 0.416 e. The van der Waals surface area contributed by atoms with Gasteiger partial charge in [0.1, 0.15) is 5.50 Å². The molecule has 0 fully saturated rings. The van der Waals surface area contributed by atoms with Crippen molar-refractivity contribution in [2.24, 2.45) is 0 Å². The van der Waals surface area contributed by atoms with Crippen LogP contribution in [0.5, 0.6) is 0 Å². The molecule has 1 aromatic carbocycles. The van der Waals surface area contributed by atoms with Crippen LogP contribution >= 0.6 is 11.6 Å². The Morgan fingerprint density at radius 2 is 1.84 bits per heavy atom. The second kappa shape index (κ2) is 4.56. The molecule has 19 heavy (non-hydrogen) atoms. The van der Waals surface area contributed by atoms with Crippen LogP contribution in [0.3, 0.4) is 0 Å². The molecular weight excluding hydrogens is 279 g/mol. The van der Waals surface area contributed by atoms with Gasteiger partial charge in [0.25, 0.3) is 5.91 Å². The van der Waals surface area contributed by atoms with E-state index in [1.165, 1.54) is 12.1 Å². The van der Waals surface area contributed by atoms with Gasteiger partial charge < -0.3 is 0 Å². The number of hydrogen-bond acceptors (Lipinski definition) is 1. The lowest BCUT2D eigenvalue weighted by Gasteiger charge is -2.22. The fourth-order valence-electron chi connectivity index (χ4n) is 1.98. The molecule has 1 heterocycles. The van der Waals surface area contributed by atoms with Crippen LogP contribution in [0.4, 0.5) is 18.9 Å². The highest BCUT2D eigenvalue weighted by Crippen LogP contribution is 2.35. The van der Waals surface area contributed by atoms with Crippen LogP contribution < -0.4 is 4.90 Å². The van der Waals surface area contributed by atoms with E-state index < -0.39 is 17.2 Å². The summed E-state index contributed by atoms with van der Waals surface area (Å²) in [6, 6.07) is 3.48. The van der Waals surface area contributed by atoms with E-state index in [2.05, 4.69) is 0 Å². The zero-order valence-corrected chi connectivity index (χ0v) is 11.0. The number of rotatable bonds is 1. The number of alkyl halides is 4. The molecule has 0 N–H and O–H groups in total. The maximum atomic E-state index is 12.8. The molecule has 2 rings (SSSR count). The normalized spacial score (nSPS) is 19.9. The van der Waals surface area contributed by atoms with E-state index in [0.717, 1.165) is 17.0 Å². The molecule has 1 unspecified atom stereocenters. The van der Waals surface area contributed by atoms with Crippen LogP contribution in [-0.4, -0.2) is 11.4 Å². The van der Waals surface area contributed by atoms with Crippen molar-refractivity contribution in [1.29, 1.82) is 0 Å². The van der Waals surface area contributed by atoms with Crippen molar-refractivity contribution in [2.75, 3.05) is 4.90 Å². The Morgan fingerprint density at radius 3 is 2.32 bits per heavy atom. The lowest BCUT2D eigenvalue weighted by atomic mass is 10.1. The summed E-state index contributed by atoms with van der Waals surface area (Å²) in [6.07, 6.45) is -2.94. The molecule has 0 saturated carbocycles. The average molecular weight is 290 g/mol. The highest BCUT2D eigenvalue weighted by molar-refractivity contribution is 6.29. The number of carbonyl (C=O) groups is 1. The van der Waals surface area contributed by atoms with Gasteiger partial charge in [-0.15, -0.1) is 0 Å². The Labute approximate surface area is 113 Å². The van der Waals surface area contributed by atoms with E-state index in [4.69, 9.17) is 11.6 Å². The average Bonchev–Trinajstić information content (AvgIpc) is 2.51. The minimum Gasteiger partial charge on any atom is -0.288 e. The van der Waals surface area contributed by atoms with Crippen LogP contribution in [0.15, 0.2) is 29.8 Å². The van der Waals surface area contributed by atoms with E-state index in [-0.39, 0.29) is 11.6 Å². The third-order valence-electron chi connectivity index (χ3n) is 2.86. The van der Waals surface area contributed by atoms with Crippen molar-refractivity contribution in [3.63, 3.8) is 0 Å². The van der Waals surface area contributed by atoms with Gasteiger partial charge in [-0.3, -0.25) is 9.69 Å². The number of nitrogens with zero attached hydrogens (tertiary/aromatic N) is 1. The van der Waals surface area contributed by atoms with Crippen molar-refractivity contribution in [1.82, 2.24) is 0 Å². The topological polar surface area (TPSA) is 20.3 Å². The van der Waals surface area contributed by atoms with Gasteiger partial charge in [-0.2, -0.15) is 13.2 Å². The van der Waals surface area contributed by atoms with Crippen LogP contribution in [0.2, 0.25) is 0 Å². The summed E-state index contributed by atoms with van der Waals surface area (Å²) in [5.74, 6) is -0.376. The number of aryl methyl sites for hydroxylation is 1. The molecule has 1 amide bonds. The quantitative estimate of drug-likeness (QED) is 0.568. The summed E-state index contributed by atoms with van der Waals surface area (Å²) in [4.78, 5) is 13.0. The standard InChI is InChI=1S/C13H11ClF3NO/c1-7-3-9(13(15,16)17)6-10(4-7)18-11(14)5-8(2)12(18)19/h3-6,11H,1-2H3. The zero-order valence-electron chi connectivity index (χ0n) is 10.3. The van der Waals surface area contributed by atoms with Crippen molar-refractivity contribution in [3.05, 3.63) is 41.0 Å². The molecular formula is C13H11ClF3NO. The predicted molar refractivity (Wildman–Crippen MR) is 67.1 cm³/mol. The molecule has 1 aliphatic heterocycles. The molecule has 102 valence electrons. The highest BCUT2D eigenvalue weighted by atomic mass is 35.5. The van der Waals surface area contributed by atoms with E-state index in [9.17, 15) is 18.0 Å². The Balaban J connectivity index is 2.47. The highest BCUT2D eigenvalue weighted by Gasteiger charge is 2.34. The molecule has 1 aliphatic rings. The molecule has 0 spiro atoms. The fourth-order valence-corrected chi connectivity index (χ4v) is 2.37. The molecule has 2 nitrogen and oxygen atoms in total. The zero-order chi connectivity index (χ0) is 14.4.